The molecule has 0 aromatic heterocycles. The number of rotatable bonds is 6. The fourth-order valence-corrected chi connectivity index (χ4v) is 4.59. The highest BCUT2D eigenvalue weighted by Gasteiger charge is 2.54. The molecule has 3 aliphatic rings. The predicted octanol–water partition coefficient (Wildman–Crippen LogP) is 3.59. The summed E-state index contributed by atoms with van der Waals surface area (Å²) in [5.41, 5.74) is 1.94. The Morgan fingerprint density at radius 1 is 1.03 bits per heavy atom. The van der Waals surface area contributed by atoms with Crippen LogP contribution < -0.4 is 15.0 Å². The van der Waals surface area contributed by atoms with E-state index in [9.17, 15) is 14.4 Å². The highest BCUT2D eigenvalue weighted by molar-refractivity contribution is 6.24. The van der Waals surface area contributed by atoms with Gasteiger partial charge in [0.15, 0.2) is 5.78 Å². The van der Waals surface area contributed by atoms with Crippen LogP contribution >= 0.6 is 0 Å². The van der Waals surface area contributed by atoms with Gasteiger partial charge in [0.2, 0.25) is 5.91 Å². The van der Waals surface area contributed by atoms with Crippen LogP contribution in [0.25, 0.3) is 6.08 Å². The number of ether oxygens (including phenoxy) is 1. The molecule has 1 N–H and O–H groups in total. The van der Waals surface area contributed by atoms with Gasteiger partial charge in [-0.15, -0.1) is 0 Å². The van der Waals surface area contributed by atoms with Crippen molar-refractivity contribution in [1.29, 1.82) is 0 Å². The minimum atomic E-state index is -0.486. The molecule has 162 valence electrons. The first-order chi connectivity index (χ1) is 15.6. The van der Waals surface area contributed by atoms with E-state index in [0.29, 0.717) is 22.9 Å². The van der Waals surface area contributed by atoms with E-state index >= 15 is 0 Å². The molecule has 2 aromatic carbocycles. The number of nitrogens with one attached hydrogen (secondary N) is 1. The molecule has 2 heterocycles. The SMILES string of the molecule is COc1ccc(C(=O)/C=C/c2ccc(N3C(=O)C4NC=CC(C5CC5)C4C3=O)cc2)cc1. The Bertz CT molecular complexity index is 1110. The van der Waals surface area contributed by atoms with Gasteiger partial charge in [-0.3, -0.25) is 14.4 Å². The Morgan fingerprint density at radius 3 is 2.41 bits per heavy atom. The van der Waals surface area contributed by atoms with Gasteiger partial charge in [0.25, 0.3) is 5.91 Å². The number of ketones is 1. The molecule has 2 aromatic rings. The lowest BCUT2D eigenvalue weighted by molar-refractivity contribution is -0.122. The summed E-state index contributed by atoms with van der Waals surface area (Å²) >= 11 is 0. The van der Waals surface area contributed by atoms with Gasteiger partial charge in [-0.05, 0) is 78.9 Å². The normalized spacial score (nSPS) is 24.5. The average Bonchev–Trinajstić information content (AvgIpc) is 3.64. The van der Waals surface area contributed by atoms with Crippen molar-refractivity contribution in [1.82, 2.24) is 5.32 Å². The third-order valence-corrected chi connectivity index (χ3v) is 6.48. The smallest absolute Gasteiger partial charge is 0.257 e. The molecule has 1 saturated carbocycles. The highest BCUT2D eigenvalue weighted by atomic mass is 16.5. The van der Waals surface area contributed by atoms with E-state index in [0.717, 1.165) is 18.4 Å². The number of carbonyl (C=O) groups excluding carboxylic acids is 3. The number of methoxy groups -OCH3 is 1. The Kier molecular flexibility index (Phi) is 5.13. The predicted molar refractivity (Wildman–Crippen MR) is 121 cm³/mol. The summed E-state index contributed by atoms with van der Waals surface area (Å²) in [7, 11) is 1.58. The summed E-state index contributed by atoms with van der Waals surface area (Å²) in [6, 6.07) is 13.6. The third kappa shape index (κ3) is 3.62. The van der Waals surface area contributed by atoms with Crippen LogP contribution in [0.2, 0.25) is 0 Å². The number of anilines is 1. The minimum absolute atomic E-state index is 0.115. The molecule has 1 saturated heterocycles. The molecule has 6 nitrogen and oxygen atoms in total. The lowest BCUT2D eigenvalue weighted by Gasteiger charge is -2.27. The van der Waals surface area contributed by atoms with E-state index in [1.807, 2.05) is 12.3 Å². The second kappa shape index (κ2) is 8.11. The second-order valence-electron chi connectivity index (χ2n) is 8.47. The molecule has 2 amide bonds. The standard InChI is InChI=1S/C26H24N2O4/c1-32-20-11-7-18(8-12-20)22(29)13-4-16-2-9-19(10-3-16)28-25(30)23-21(17-5-6-17)14-15-27-24(23)26(28)31/h2-4,7-15,17,21,23-24,27H,5-6H2,1H3/b13-4+. The summed E-state index contributed by atoms with van der Waals surface area (Å²) in [4.78, 5) is 39.8. The monoisotopic (exact) mass is 428 g/mol. The topological polar surface area (TPSA) is 75.7 Å². The Balaban J connectivity index is 1.30. The van der Waals surface area contributed by atoms with Crippen LogP contribution in [0.3, 0.4) is 0 Å². The molecule has 0 spiro atoms. The molecule has 2 aliphatic heterocycles. The van der Waals surface area contributed by atoms with Gasteiger partial charge >= 0.3 is 0 Å². The molecule has 32 heavy (non-hydrogen) atoms. The van der Waals surface area contributed by atoms with Gasteiger partial charge in [0.05, 0.1) is 18.7 Å². The van der Waals surface area contributed by atoms with Crippen LogP contribution in [0.1, 0.15) is 28.8 Å². The van der Waals surface area contributed by atoms with Crippen LogP contribution in [0.4, 0.5) is 5.69 Å². The minimum Gasteiger partial charge on any atom is -0.497 e. The van der Waals surface area contributed by atoms with Crippen molar-refractivity contribution in [2.45, 2.75) is 18.9 Å². The number of fused-ring (bicyclic) bond motifs is 1. The van der Waals surface area contributed by atoms with Crippen LogP contribution in [0.15, 0.2) is 66.9 Å². The van der Waals surface area contributed by atoms with Crippen LogP contribution in [-0.2, 0) is 9.59 Å². The number of imide groups is 1. The number of hydrogen-bond acceptors (Lipinski definition) is 5. The van der Waals surface area contributed by atoms with Crippen molar-refractivity contribution in [3.8, 4) is 5.75 Å². The molecule has 0 bridgehead atoms. The molecule has 6 heteroatoms. The zero-order chi connectivity index (χ0) is 22.2. The molecule has 3 unspecified atom stereocenters. The molecule has 5 rings (SSSR count). The lowest BCUT2D eigenvalue weighted by atomic mass is 9.82. The van der Waals surface area contributed by atoms with E-state index in [-0.39, 0.29) is 29.4 Å². The maximum Gasteiger partial charge on any atom is 0.257 e. The largest absolute Gasteiger partial charge is 0.497 e. The first-order valence-corrected chi connectivity index (χ1v) is 10.8. The average molecular weight is 428 g/mol. The van der Waals surface area contributed by atoms with Gasteiger partial charge < -0.3 is 10.1 Å². The number of amides is 2. The number of hydrogen-bond donors (Lipinski definition) is 1. The van der Waals surface area contributed by atoms with Gasteiger partial charge in [-0.25, -0.2) is 4.90 Å². The lowest BCUT2D eigenvalue weighted by Crippen LogP contribution is -2.43. The first kappa shape index (κ1) is 20.2. The van der Waals surface area contributed by atoms with E-state index < -0.39 is 6.04 Å². The third-order valence-electron chi connectivity index (χ3n) is 6.48. The Morgan fingerprint density at radius 2 is 1.75 bits per heavy atom. The van der Waals surface area contributed by atoms with Crippen LogP contribution in [0.5, 0.6) is 5.75 Å². The quantitative estimate of drug-likeness (QED) is 0.432. The number of allylic oxidation sites excluding steroid dienone is 2. The first-order valence-electron chi connectivity index (χ1n) is 10.8. The summed E-state index contributed by atoms with van der Waals surface area (Å²) in [5, 5.41) is 3.09. The van der Waals surface area contributed by atoms with Crippen molar-refractivity contribution in [3.05, 3.63) is 78.0 Å². The molecule has 1 aliphatic carbocycles. The zero-order valence-corrected chi connectivity index (χ0v) is 17.7. The number of benzene rings is 2. The Labute approximate surface area is 186 Å². The molecule has 0 radical (unpaired) electrons. The second-order valence-corrected chi connectivity index (χ2v) is 8.47. The van der Waals surface area contributed by atoms with E-state index in [4.69, 9.17) is 4.74 Å². The van der Waals surface area contributed by atoms with Crippen molar-refractivity contribution >= 4 is 29.4 Å². The maximum absolute atomic E-state index is 13.2. The zero-order valence-electron chi connectivity index (χ0n) is 17.7. The van der Waals surface area contributed by atoms with E-state index in [2.05, 4.69) is 5.32 Å². The summed E-state index contributed by atoms with van der Waals surface area (Å²) < 4.78 is 5.11. The van der Waals surface area contributed by atoms with Crippen molar-refractivity contribution in [3.63, 3.8) is 0 Å². The number of carbonyl (C=O) groups is 3. The summed E-state index contributed by atoms with van der Waals surface area (Å²) in [6.07, 6.45) is 9.34. The Hall–Kier alpha value is -3.67. The van der Waals surface area contributed by atoms with Crippen LogP contribution in [-0.4, -0.2) is 30.7 Å². The summed E-state index contributed by atoms with van der Waals surface area (Å²) in [5.74, 6) is 0.556. The van der Waals surface area contributed by atoms with Gasteiger partial charge in [0, 0.05) is 5.56 Å². The van der Waals surface area contributed by atoms with Gasteiger partial charge in [-0.2, -0.15) is 0 Å². The summed E-state index contributed by atoms with van der Waals surface area (Å²) in [6.45, 7) is 0. The molecular formula is C26H24N2O4. The van der Waals surface area contributed by atoms with Crippen molar-refractivity contribution < 1.29 is 19.1 Å². The molecule has 2 fully saturated rings. The van der Waals surface area contributed by atoms with Crippen molar-refractivity contribution in [2.75, 3.05) is 12.0 Å². The maximum atomic E-state index is 13.2. The fraction of sp³-hybridized carbons (Fsp3) is 0.269. The van der Waals surface area contributed by atoms with Crippen LogP contribution in [0, 0.1) is 17.8 Å². The van der Waals surface area contributed by atoms with Crippen molar-refractivity contribution in [2.24, 2.45) is 17.8 Å². The molecule has 3 atom stereocenters. The van der Waals surface area contributed by atoms with E-state index in [1.165, 1.54) is 11.0 Å². The fourth-order valence-electron chi connectivity index (χ4n) is 4.59. The van der Waals surface area contributed by atoms with E-state index in [1.54, 1.807) is 61.7 Å². The van der Waals surface area contributed by atoms with Gasteiger partial charge in [-0.1, -0.05) is 24.3 Å². The molecular weight excluding hydrogens is 404 g/mol. The highest BCUT2D eigenvalue weighted by Crippen LogP contribution is 2.46. The van der Waals surface area contributed by atoms with Gasteiger partial charge in [0.1, 0.15) is 11.8 Å². The number of nitrogens with zero attached hydrogens (tertiary/aromatic N) is 1.